The van der Waals surface area contributed by atoms with Gasteiger partial charge in [-0.2, -0.15) is 10.2 Å². The fraction of sp³-hybridized carbons (Fsp3) is 0.469. The van der Waals surface area contributed by atoms with Gasteiger partial charge in [0.1, 0.15) is 30.3 Å². The number of piperazine rings is 1. The highest BCUT2D eigenvalue weighted by atomic mass is 32.3. The molecule has 4 N–H and O–H groups in total. The van der Waals surface area contributed by atoms with Gasteiger partial charge in [-0.3, -0.25) is 18.8 Å². The molecule has 16 heteroatoms. The normalized spacial score (nSPS) is 25.2. The summed E-state index contributed by atoms with van der Waals surface area (Å²) in [5, 5.41) is 13.1. The van der Waals surface area contributed by atoms with Crippen molar-refractivity contribution < 1.29 is 27.8 Å². The number of hydrogen-bond donors (Lipinski definition) is 4. The van der Waals surface area contributed by atoms with Crippen LogP contribution in [0.15, 0.2) is 48.8 Å². The summed E-state index contributed by atoms with van der Waals surface area (Å²) in [5.41, 5.74) is 2.76. The van der Waals surface area contributed by atoms with Crippen LogP contribution < -0.4 is 19.7 Å². The number of rotatable bonds is 8. The lowest BCUT2D eigenvalue weighted by Crippen LogP contribution is -2.56. The first-order valence-corrected chi connectivity index (χ1v) is 17.8. The Bertz CT molecular complexity index is 1670. The van der Waals surface area contributed by atoms with Crippen molar-refractivity contribution >= 4 is 34.0 Å². The van der Waals surface area contributed by atoms with Crippen molar-refractivity contribution in [2.75, 3.05) is 68.5 Å². The Balaban J connectivity index is 0.951. The summed E-state index contributed by atoms with van der Waals surface area (Å²) in [4.78, 5) is 32.1. The first-order valence-electron chi connectivity index (χ1n) is 16.0. The van der Waals surface area contributed by atoms with E-state index in [0.717, 1.165) is 50.8 Å². The van der Waals surface area contributed by atoms with Crippen molar-refractivity contribution in [1.82, 2.24) is 29.5 Å². The summed E-state index contributed by atoms with van der Waals surface area (Å²) < 4.78 is 48.6. The Morgan fingerprint density at radius 2 is 1.88 bits per heavy atom. The van der Waals surface area contributed by atoms with E-state index in [1.165, 1.54) is 11.2 Å². The molecule has 4 aliphatic rings. The maximum absolute atomic E-state index is 15.2. The zero-order chi connectivity index (χ0) is 33.3. The van der Waals surface area contributed by atoms with Gasteiger partial charge in [0.05, 0.1) is 37.1 Å². The highest BCUT2D eigenvalue weighted by Gasteiger charge is 2.39. The molecule has 4 saturated heterocycles. The second-order valence-corrected chi connectivity index (χ2v) is 14.4. The molecule has 3 aromatic rings. The van der Waals surface area contributed by atoms with Crippen molar-refractivity contribution in [3.63, 3.8) is 0 Å². The largest absolute Gasteiger partial charge is 0.486 e. The van der Waals surface area contributed by atoms with Gasteiger partial charge in [-0.15, -0.1) is 10.8 Å². The third-order valence-electron chi connectivity index (χ3n) is 9.26. The first kappa shape index (κ1) is 32.4. The van der Waals surface area contributed by atoms with E-state index in [-0.39, 0.29) is 48.9 Å². The molecule has 48 heavy (non-hydrogen) atoms. The average Bonchev–Trinajstić information content (AvgIpc) is 3.45. The van der Waals surface area contributed by atoms with Crippen molar-refractivity contribution in [3.05, 3.63) is 54.4 Å². The number of alkyl halides is 1. The van der Waals surface area contributed by atoms with E-state index < -0.39 is 29.1 Å². The van der Waals surface area contributed by atoms with Gasteiger partial charge in [0, 0.05) is 56.1 Å². The number of benzene rings is 2. The molecule has 5 heterocycles. The number of likely N-dealkylation sites (tertiary alicyclic amines) is 1. The SMILES string of the molecule is N#Cc1cc(-c2ncnc(Nc3ccc(N4CCN(C5COC5)CC4)cc3)n2)ccc1O[C@H]1CCN(C(=O)C2CCS(O)(O)N2)C[C@H]1F. The molecule has 0 aliphatic carbocycles. The van der Waals surface area contributed by atoms with Crippen LogP contribution in [0.4, 0.5) is 21.7 Å². The van der Waals surface area contributed by atoms with Crippen LogP contribution in [-0.2, 0) is 9.53 Å². The Morgan fingerprint density at radius 1 is 1.08 bits per heavy atom. The summed E-state index contributed by atoms with van der Waals surface area (Å²) in [6.07, 6.45) is -0.434. The van der Waals surface area contributed by atoms with Crippen LogP contribution in [0.3, 0.4) is 0 Å². The Kier molecular flexibility index (Phi) is 9.32. The lowest BCUT2D eigenvalue weighted by atomic mass is 10.0. The van der Waals surface area contributed by atoms with Crippen LogP contribution in [0.2, 0.25) is 0 Å². The van der Waals surface area contributed by atoms with Gasteiger partial charge in [0.2, 0.25) is 11.9 Å². The number of ether oxygens (including phenoxy) is 2. The van der Waals surface area contributed by atoms with E-state index in [4.69, 9.17) is 9.47 Å². The minimum absolute atomic E-state index is 0.0982. The molecule has 7 rings (SSSR count). The molecule has 14 nitrogen and oxygen atoms in total. The Hall–Kier alpha value is -4.11. The molecule has 0 bridgehead atoms. The van der Waals surface area contributed by atoms with Gasteiger partial charge in [-0.1, -0.05) is 0 Å². The second-order valence-electron chi connectivity index (χ2n) is 12.4. The number of carbonyl (C=O) groups excluding carboxylic acids is 1. The fourth-order valence-corrected chi connectivity index (χ4v) is 7.78. The molecule has 0 spiro atoms. The second kappa shape index (κ2) is 13.8. The maximum Gasteiger partial charge on any atom is 0.241 e. The third-order valence-corrected chi connectivity index (χ3v) is 10.7. The maximum atomic E-state index is 15.2. The van der Waals surface area contributed by atoms with E-state index in [1.807, 2.05) is 12.1 Å². The predicted octanol–water partition coefficient (Wildman–Crippen LogP) is 3.02. The number of aromatic nitrogens is 3. The van der Waals surface area contributed by atoms with Crippen molar-refractivity contribution in [3.8, 4) is 23.2 Å². The highest BCUT2D eigenvalue weighted by molar-refractivity contribution is 8.22. The van der Waals surface area contributed by atoms with Crippen LogP contribution in [0, 0.1) is 11.3 Å². The average molecular weight is 680 g/mol. The summed E-state index contributed by atoms with van der Waals surface area (Å²) in [6, 6.07) is 15.0. The third kappa shape index (κ3) is 7.16. The molecule has 1 aromatic heterocycles. The first-order chi connectivity index (χ1) is 23.2. The van der Waals surface area contributed by atoms with Crippen LogP contribution in [0.1, 0.15) is 18.4 Å². The van der Waals surface area contributed by atoms with Gasteiger partial charge in [-0.05, 0) is 48.9 Å². The van der Waals surface area contributed by atoms with Gasteiger partial charge < -0.3 is 24.6 Å². The zero-order valence-electron chi connectivity index (χ0n) is 26.2. The molecule has 254 valence electrons. The summed E-state index contributed by atoms with van der Waals surface area (Å²) >= 11 is 0. The molecule has 0 saturated carbocycles. The van der Waals surface area contributed by atoms with E-state index in [1.54, 1.807) is 18.2 Å². The number of nitriles is 1. The van der Waals surface area contributed by atoms with Crippen LogP contribution >= 0.6 is 10.8 Å². The topological polar surface area (TPSA) is 172 Å². The number of amides is 1. The quantitative estimate of drug-likeness (QED) is 0.274. The molecule has 0 radical (unpaired) electrons. The van der Waals surface area contributed by atoms with Crippen molar-refractivity contribution in [2.45, 2.75) is 37.2 Å². The summed E-state index contributed by atoms with van der Waals surface area (Å²) in [6.45, 7) is 5.74. The van der Waals surface area contributed by atoms with Crippen LogP contribution in [0.25, 0.3) is 11.4 Å². The van der Waals surface area contributed by atoms with Crippen molar-refractivity contribution in [2.24, 2.45) is 0 Å². The van der Waals surface area contributed by atoms with E-state index >= 15 is 4.39 Å². The minimum atomic E-state index is -2.97. The van der Waals surface area contributed by atoms with Gasteiger partial charge in [-0.25, -0.2) is 19.1 Å². The number of piperidine rings is 1. The van der Waals surface area contributed by atoms with Crippen LogP contribution in [0.5, 0.6) is 5.75 Å². The lowest BCUT2D eigenvalue weighted by molar-refractivity contribution is -0.136. The standard InChI is InChI=1S/C32H38FN9O5S/c33-26-17-42(31(43)27-8-14-48(44,45)39-27)9-7-29(26)47-28-6-1-21(15-22(28)16-34)30-35-20-36-32(38-30)37-23-2-4-24(5-3-23)40-10-12-41(13-11-40)25-18-46-19-25/h1-6,15,20,25-27,29,39,44-45H,7-14,17-19H2,(H,35,36,37,38)/t26-,27?,29+/m1/s1. The molecule has 3 atom stereocenters. The number of hydrogen-bond acceptors (Lipinski definition) is 13. The van der Waals surface area contributed by atoms with Crippen LogP contribution in [-0.4, -0.2) is 122 Å². The lowest BCUT2D eigenvalue weighted by Gasteiger charge is -2.43. The minimum Gasteiger partial charge on any atom is -0.486 e. The Labute approximate surface area is 279 Å². The monoisotopic (exact) mass is 679 g/mol. The molecule has 1 amide bonds. The van der Waals surface area contributed by atoms with Gasteiger partial charge >= 0.3 is 0 Å². The number of nitrogens with one attached hydrogen (secondary N) is 2. The van der Waals surface area contributed by atoms with Crippen molar-refractivity contribution in [1.29, 1.82) is 5.26 Å². The van der Waals surface area contributed by atoms with E-state index in [9.17, 15) is 19.2 Å². The number of anilines is 3. The van der Waals surface area contributed by atoms with Gasteiger partial charge in [0.25, 0.3) is 0 Å². The summed E-state index contributed by atoms with van der Waals surface area (Å²) in [7, 11) is -2.97. The molecular formula is C32H38FN9O5S. The molecule has 1 unspecified atom stereocenters. The number of nitrogens with zero attached hydrogens (tertiary/aromatic N) is 7. The fourth-order valence-electron chi connectivity index (χ4n) is 6.42. The molecular weight excluding hydrogens is 641 g/mol. The summed E-state index contributed by atoms with van der Waals surface area (Å²) in [5.74, 6) is 0.673. The Morgan fingerprint density at radius 3 is 2.54 bits per heavy atom. The number of halogens is 1. The molecule has 2 aromatic carbocycles. The predicted molar refractivity (Wildman–Crippen MR) is 178 cm³/mol. The molecule has 4 aliphatic heterocycles. The molecule has 4 fully saturated rings. The van der Waals surface area contributed by atoms with Gasteiger partial charge in [0.15, 0.2) is 12.0 Å². The highest BCUT2D eigenvalue weighted by Crippen LogP contribution is 2.41. The smallest absolute Gasteiger partial charge is 0.241 e. The zero-order valence-corrected chi connectivity index (χ0v) is 27.1. The number of carbonyl (C=O) groups is 1. The van der Waals surface area contributed by atoms with E-state index in [2.05, 4.69) is 53.0 Å². The van der Waals surface area contributed by atoms with E-state index in [0.29, 0.717) is 23.4 Å².